The Morgan fingerprint density at radius 3 is 2.33 bits per heavy atom. The number of hydrogen-bond acceptors (Lipinski definition) is 4. The summed E-state index contributed by atoms with van der Waals surface area (Å²) in [4.78, 5) is 17.5. The number of aliphatic imine (C=N–C) groups is 1. The van der Waals surface area contributed by atoms with Crippen molar-refractivity contribution in [3.05, 3.63) is 23.0 Å². The molecule has 0 fully saturated rings. The van der Waals surface area contributed by atoms with E-state index in [1.807, 2.05) is 32.1 Å². The third kappa shape index (κ3) is 7.69. The van der Waals surface area contributed by atoms with Gasteiger partial charge in [-0.15, -0.1) is 0 Å². The molecule has 0 bridgehead atoms. The Kier molecular flexibility index (Phi) is 9.42. The Hall–Kier alpha value is -1.58. The van der Waals surface area contributed by atoms with E-state index in [1.165, 1.54) is 0 Å². The summed E-state index contributed by atoms with van der Waals surface area (Å²) < 4.78 is 0. The summed E-state index contributed by atoms with van der Waals surface area (Å²) in [6.45, 7) is 9.24. The topological polar surface area (TPSA) is 58.7 Å². The third-order valence-electron chi connectivity index (χ3n) is 3.18. The number of rotatable bonds is 9. The first-order chi connectivity index (χ1) is 9.83. The van der Waals surface area contributed by atoms with Crippen molar-refractivity contribution in [3.63, 3.8) is 0 Å². The number of carbonyl (C=O) groups is 1. The standard InChI is InChI=1S/C17H31N3O/c1-7-10-19-17(13(2)3)14(4)16(18)9-8-15(12-21)11-20(5)6/h11-13H,7-10,18H2,1-6H3/b15-11+,16-14?,19-17?. The Morgan fingerprint density at radius 2 is 1.90 bits per heavy atom. The molecule has 0 aliphatic carbocycles. The van der Waals surface area contributed by atoms with Crippen molar-refractivity contribution in [2.75, 3.05) is 20.6 Å². The minimum atomic E-state index is 0.359. The van der Waals surface area contributed by atoms with E-state index in [2.05, 4.69) is 25.8 Å². The first-order valence-electron chi connectivity index (χ1n) is 7.65. The maximum atomic E-state index is 11.0. The lowest BCUT2D eigenvalue weighted by Gasteiger charge is -2.15. The van der Waals surface area contributed by atoms with Crippen LogP contribution in [0.5, 0.6) is 0 Å². The van der Waals surface area contributed by atoms with Gasteiger partial charge in [0.2, 0.25) is 0 Å². The summed E-state index contributed by atoms with van der Waals surface area (Å²) in [5, 5.41) is 0. The van der Waals surface area contributed by atoms with Crippen LogP contribution in [0, 0.1) is 5.92 Å². The van der Waals surface area contributed by atoms with Crippen LogP contribution in [0.4, 0.5) is 0 Å². The number of carbonyl (C=O) groups excluding carboxylic acids is 1. The Labute approximate surface area is 129 Å². The van der Waals surface area contributed by atoms with Gasteiger partial charge >= 0.3 is 0 Å². The molecule has 0 radical (unpaired) electrons. The van der Waals surface area contributed by atoms with Gasteiger partial charge in [0.05, 0.1) is 0 Å². The predicted molar refractivity (Wildman–Crippen MR) is 91.4 cm³/mol. The van der Waals surface area contributed by atoms with Crippen LogP contribution in [0.2, 0.25) is 0 Å². The van der Waals surface area contributed by atoms with E-state index in [0.29, 0.717) is 18.8 Å². The second-order valence-corrected chi connectivity index (χ2v) is 5.86. The van der Waals surface area contributed by atoms with Crippen molar-refractivity contribution >= 4 is 12.0 Å². The van der Waals surface area contributed by atoms with Crippen LogP contribution in [0.15, 0.2) is 28.0 Å². The molecule has 0 amide bonds. The molecule has 0 heterocycles. The molecule has 0 atom stereocenters. The molecule has 0 aromatic carbocycles. The summed E-state index contributed by atoms with van der Waals surface area (Å²) in [5.74, 6) is 0.359. The van der Waals surface area contributed by atoms with Crippen molar-refractivity contribution in [2.45, 2.75) is 47.0 Å². The van der Waals surface area contributed by atoms with Crippen LogP contribution in [-0.2, 0) is 4.79 Å². The third-order valence-corrected chi connectivity index (χ3v) is 3.18. The van der Waals surface area contributed by atoms with Crippen LogP contribution in [0.1, 0.15) is 47.0 Å². The molecular weight excluding hydrogens is 262 g/mol. The van der Waals surface area contributed by atoms with Crippen LogP contribution < -0.4 is 5.73 Å². The van der Waals surface area contributed by atoms with Crippen LogP contribution in [0.3, 0.4) is 0 Å². The Morgan fingerprint density at radius 1 is 1.29 bits per heavy atom. The zero-order valence-corrected chi connectivity index (χ0v) is 14.4. The molecule has 0 aliphatic heterocycles. The first-order valence-corrected chi connectivity index (χ1v) is 7.65. The summed E-state index contributed by atoms with van der Waals surface area (Å²) in [6.07, 6.45) is 5.11. The molecule has 4 nitrogen and oxygen atoms in total. The predicted octanol–water partition coefficient (Wildman–Crippen LogP) is 3.15. The number of hydrogen-bond donors (Lipinski definition) is 1. The summed E-state index contributed by atoms with van der Waals surface area (Å²) in [7, 11) is 3.81. The van der Waals surface area contributed by atoms with Gasteiger partial charge < -0.3 is 10.6 Å². The van der Waals surface area contributed by atoms with Crippen LogP contribution in [0.25, 0.3) is 0 Å². The fraction of sp³-hybridized carbons (Fsp3) is 0.647. The number of nitrogens with zero attached hydrogens (tertiary/aromatic N) is 2. The van der Waals surface area contributed by atoms with E-state index in [9.17, 15) is 4.79 Å². The molecule has 0 rings (SSSR count). The molecule has 4 heteroatoms. The average Bonchev–Trinajstić information content (AvgIpc) is 2.42. The van der Waals surface area contributed by atoms with Crippen molar-refractivity contribution < 1.29 is 4.79 Å². The fourth-order valence-corrected chi connectivity index (χ4v) is 2.08. The normalized spacial score (nSPS) is 14.2. The summed E-state index contributed by atoms with van der Waals surface area (Å²) >= 11 is 0. The van der Waals surface area contributed by atoms with Crippen LogP contribution in [-0.4, -0.2) is 37.5 Å². The second kappa shape index (κ2) is 10.2. The minimum absolute atomic E-state index is 0.359. The van der Waals surface area contributed by atoms with E-state index in [-0.39, 0.29) is 0 Å². The van der Waals surface area contributed by atoms with Gasteiger partial charge in [-0.05, 0) is 37.7 Å². The zero-order chi connectivity index (χ0) is 16.4. The minimum Gasteiger partial charge on any atom is -0.402 e. The highest BCUT2D eigenvalue weighted by molar-refractivity contribution is 6.01. The molecule has 0 unspecified atom stereocenters. The van der Waals surface area contributed by atoms with Gasteiger partial charge in [0.15, 0.2) is 0 Å². The van der Waals surface area contributed by atoms with Gasteiger partial charge in [0, 0.05) is 43.8 Å². The molecule has 0 saturated heterocycles. The lowest BCUT2D eigenvalue weighted by molar-refractivity contribution is -0.105. The lowest BCUT2D eigenvalue weighted by Crippen LogP contribution is -2.15. The lowest BCUT2D eigenvalue weighted by atomic mass is 9.97. The zero-order valence-electron chi connectivity index (χ0n) is 14.4. The van der Waals surface area contributed by atoms with Gasteiger partial charge in [0.1, 0.15) is 6.29 Å². The van der Waals surface area contributed by atoms with E-state index in [4.69, 9.17) is 5.73 Å². The first kappa shape index (κ1) is 19.4. The quantitative estimate of drug-likeness (QED) is 0.403. The van der Waals surface area contributed by atoms with E-state index >= 15 is 0 Å². The van der Waals surface area contributed by atoms with Crippen molar-refractivity contribution in [1.82, 2.24) is 4.90 Å². The molecule has 120 valence electrons. The van der Waals surface area contributed by atoms with Gasteiger partial charge in [-0.1, -0.05) is 20.8 Å². The molecule has 0 aromatic heterocycles. The maximum Gasteiger partial charge on any atom is 0.147 e. The Balaban J connectivity index is 5.00. The SMILES string of the molecule is CCCN=C(C(C)=C(N)CC/C(C=O)=C\N(C)C)C(C)C. The van der Waals surface area contributed by atoms with Gasteiger partial charge in [0.25, 0.3) is 0 Å². The Bertz CT molecular complexity index is 418. The van der Waals surface area contributed by atoms with Crippen molar-refractivity contribution in [2.24, 2.45) is 16.6 Å². The largest absolute Gasteiger partial charge is 0.402 e. The number of allylic oxidation sites excluding steroid dienone is 3. The second-order valence-electron chi connectivity index (χ2n) is 5.86. The molecule has 2 N–H and O–H groups in total. The molecule has 0 aromatic rings. The highest BCUT2D eigenvalue weighted by Crippen LogP contribution is 2.15. The monoisotopic (exact) mass is 293 g/mol. The number of nitrogens with two attached hydrogens (primary N) is 1. The van der Waals surface area contributed by atoms with Gasteiger partial charge in [-0.3, -0.25) is 9.79 Å². The molecule has 0 saturated carbocycles. The highest BCUT2D eigenvalue weighted by atomic mass is 16.1. The van der Waals surface area contributed by atoms with E-state index < -0.39 is 0 Å². The van der Waals surface area contributed by atoms with E-state index in [0.717, 1.165) is 41.8 Å². The van der Waals surface area contributed by atoms with Gasteiger partial charge in [-0.25, -0.2) is 0 Å². The van der Waals surface area contributed by atoms with Crippen molar-refractivity contribution in [3.8, 4) is 0 Å². The van der Waals surface area contributed by atoms with Crippen LogP contribution >= 0.6 is 0 Å². The van der Waals surface area contributed by atoms with Gasteiger partial charge in [-0.2, -0.15) is 0 Å². The van der Waals surface area contributed by atoms with Crippen molar-refractivity contribution in [1.29, 1.82) is 0 Å². The molecule has 21 heavy (non-hydrogen) atoms. The fourth-order valence-electron chi connectivity index (χ4n) is 2.08. The average molecular weight is 293 g/mol. The molecule has 0 aliphatic rings. The van der Waals surface area contributed by atoms with E-state index in [1.54, 1.807) is 0 Å². The summed E-state index contributed by atoms with van der Waals surface area (Å²) in [5.41, 5.74) is 9.93. The molecular formula is C17H31N3O. The summed E-state index contributed by atoms with van der Waals surface area (Å²) in [6, 6.07) is 0. The highest BCUT2D eigenvalue weighted by Gasteiger charge is 2.11. The number of aldehydes is 1. The smallest absolute Gasteiger partial charge is 0.147 e. The maximum absolute atomic E-state index is 11.0. The molecule has 0 spiro atoms.